The predicted octanol–water partition coefficient (Wildman–Crippen LogP) is 6.74. The Balaban J connectivity index is 0. The van der Waals surface area contributed by atoms with Crippen molar-refractivity contribution in [2.24, 2.45) is 0 Å². The van der Waals surface area contributed by atoms with E-state index >= 15 is 0 Å². The Morgan fingerprint density at radius 2 is 1.08 bits per heavy atom. The van der Waals surface area contributed by atoms with Gasteiger partial charge in [0.1, 0.15) is 6.54 Å². The van der Waals surface area contributed by atoms with Gasteiger partial charge in [-0.15, -0.1) is 12.4 Å². The van der Waals surface area contributed by atoms with Crippen LogP contribution in [0.15, 0.2) is 30.3 Å². The number of nitrogens with zero attached hydrogens (tertiary/aromatic N) is 1. The van der Waals surface area contributed by atoms with Gasteiger partial charge in [0.15, 0.2) is 0 Å². The maximum atomic E-state index is 2.37. The van der Waals surface area contributed by atoms with Crippen LogP contribution in [0, 0.1) is 0 Å². The van der Waals surface area contributed by atoms with Crippen molar-refractivity contribution in [3.8, 4) is 0 Å². The molecule has 0 saturated heterocycles. The van der Waals surface area contributed by atoms with Gasteiger partial charge in [0.05, 0.1) is 20.6 Å². The molecule has 1 nitrogen and oxygen atoms in total. The van der Waals surface area contributed by atoms with E-state index in [9.17, 15) is 0 Å². The van der Waals surface area contributed by atoms with Crippen LogP contribution < -0.4 is 0 Å². The number of halogens is 1. The Labute approximate surface area is 192 Å². The fourth-order valence-corrected chi connectivity index (χ4v) is 3.54. The summed E-state index contributed by atoms with van der Waals surface area (Å²) in [6.45, 7) is 4.74. The van der Waals surface area contributed by atoms with Gasteiger partial charge in [-0.25, -0.2) is 0 Å². The minimum atomic E-state index is 0. The molecule has 0 fully saturated rings. The molecule has 0 atom stereocenters. The normalized spacial score (nSPS) is 10.9. The Morgan fingerprint density at radius 1 is 0.654 bits per heavy atom. The van der Waals surface area contributed by atoms with Crippen LogP contribution in [-0.4, -0.2) is 54.7 Å². The van der Waals surface area contributed by atoms with Crippen molar-refractivity contribution in [1.82, 2.24) is 0 Å². The molecular weight excluding hydrogens is 349 g/mol. The van der Waals surface area contributed by atoms with E-state index in [1.165, 1.54) is 89.2 Å². The molecule has 0 aromatic heterocycles. The summed E-state index contributed by atoms with van der Waals surface area (Å²) in [5.74, 6) is 0. The molecule has 0 amide bonds. The van der Waals surface area contributed by atoms with Crippen LogP contribution in [0.1, 0.15) is 89.5 Å². The van der Waals surface area contributed by atoms with Gasteiger partial charge in [-0.3, -0.25) is 0 Å². The molecule has 0 unspecified atom stereocenters. The predicted molar refractivity (Wildman–Crippen MR) is 123 cm³/mol. The van der Waals surface area contributed by atoms with Crippen molar-refractivity contribution in [2.45, 2.75) is 90.5 Å². The molecule has 0 heterocycles. The second-order valence-corrected chi connectivity index (χ2v) is 8.19. The minimum absolute atomic E-state index is 0. The molecule has 0 saturated carbocycles. The maximum absolute atomic E-state index is 2.37. The third kappa shape index (κ3) is 16.6. The molecule has 26 heavy (non-hydrogen) atoms. The molecular formula is C23H44ClNNa+. The fraction of sp³-hybridized carbons (Fsp3) is 0.739. The zero-order chi connectivity index (χ0) is 17.5. The summed E-state index contributed by atoms with van der Waals surface area (Å²) in [6.07, 6.45) is 17.2. The fourth-order valence-electron chi connectivity index (χ4n) is 3.54. The Morgan fingerprint density at radius 3 is 1.54 bits per heavy atom. The Bertz CT molecular complexity index is 394. The van der Waals surface area contributed by atoms with Gasteiger partial charge in [-0.1, -0.05) is 101 Å². The zero-order valence-corrected chi connectivity index (χ0v) is 18.0. The van der Waals surface area contributed by atoms with Crippen LogP contribution >= 0.6 is 12.4 Å². The molecule has 1 rings (SSSR count). The molecule has 148 valence electrons. The van der Waals surface area contributed by atoms with Gasteiger partial charge in [0.25, 0.3) is 0 Å². The number of quaternary nitrogens is 1. The number of rotatable bonds is 15. The summed E-state index contributed by atoms with van der Waals surface area (Å²) in [5.41, 5.74) is 1.46. The van der Waals surface area contributed by atoms with E-state index < -0.39 is 0 Å². The van der Waals surface area contributed by atoms with Crippen LogP contribution in [0.4, 0.5) is 0 Å². The van der Waals surface area contributed by atoms with E-state index in [4.69, 9.17) is 0 Å². The van der Waals surface area contributed by atoms with Crippen LogP contribution in [-0.2, 0) is 6.54 Å². The van der Waals surface area contributed by atoms with Gasteiger partial charge in [-0.05, 0) is 12.8 Å². The molecule has 0 bridgehead atoms. The van der Waals surface area contributed by atoms with E-state index in [2.05, 4.69) is 51.4 Å². The third-order valence-electron chi connectivity index (χ3n) is 5.07. The average Bonchev–Trinajstić information content (AvgIpc) is 2.56. The van der Waals surface area contributed by atoms with E-state index in [0.29, 0.717) is 0 Å². The average molecular weight is 393 g/mol. The van der Waals surface area contributed by atoms with Crippen molar-refractivity contribution in [1.29, 1.82) is 0 Å². The zero-order valence-electron chi connectivity index (χ0n) is 17.1. The molecule has 1 aromatic carbocycles. The van der Waals surface area contributed by atoms with E-state index in [1.807, 2.05) is 0 Å². The number of benzene rings is 1. The molecule has 0 spiro atoms. The molecule has 3 heteroatoms. The van der Waals surface area contributed by atoms with E-state index in [0.717, 1.165) is 11.0 Å². The van der Waals surface area contributed by atoms with Crippen molar-refractivity contribution >= 4 is 42.0 Å². The van der Waals surface area contributed by atoms with E-state index in [1.54, 1.807) is 0 Å². The van der Waals surface area contributed by atoms with Gasteiger partial charge in [0, 0.05) is 5.56 Å². The first kappa shape index (κ1) is 28.7. The second kappa shape index (κ2) is 18.8. The number of unbranched alkanes of at least 4 members (excludes halogenated alkanes) is 11. The topological polar surface area (TPSA) is 0 Å². The summed E-state index contributed by atoms with van der Waals surface area (Å²) in [7, 11) is 4.73. The first-order chi connectivity index (χ1) is 11.6. The molecule has 0 aliphatic heterocycles. The van der Waals surface area contributed by atoms with Crippen LogP contribution in [0.2, 0.25) is 0 Å². The van der Waals surface area contributed by atoms with Gasteiger partial charge in [-0.2, -0.15) is 0 Å². The Kier molecular flexibility index (Phi) is 20.8. The van der Waals surface area contributed by atoms with Gasteiger partial charge < -0.3 is 4.48 Å². The van der Waals surface area contributed by atoms with Crippen LogP contribution in [0.5, 0.6) is 0 Å². The van der Waals surface area contributed by atoms with Gasteiger partial charge in [0.2, 0.25) is 0 Å². The molecule has 0 N–H and O–H groups in total. The SMILES string of the molecule is CCCCCCCCCCCCCC[N+](C)(C)Cc1ccccc1.Cl.[NaH]. The van der Waals surface area contributed by atoms with Crippen molar-refractivity contribution < 1.29 is 4.48 Å². The molecule has 0 aliphatic rings. The van der Waals surface area contributed by atoms with Crippen LogP contribution in [0.25, 0.3) is 0 Å². The molecule has 0 radical (unpaired) electrons. The standard InChI is InChI=1S/C23H42N.ClH.Na.H/c1-4-5-6-7-8-9-10-11-12-13-14-18-21-24(2,3)22-23-19-16-15-17-20-23;;;/h15-17,19-20H,4-14,18,21-22H2,1-3H3;1H;;/q+1;;;. The molecule has 0 aliphatic carbocycles. The first-order valence-electron chi connectivity index (χ1n) is 10.5. The Hall–Kier alpha value is 0.470. The van der Waals surface area contributed by atoms with Crippen molar-refractivity contribution in [2.75, 3.05) is 20.6 Å². The number of hydrogen-bond acceptors (Lipinski definition) is 0. The summed E-state index contributed by atoms with van der Waals surface area (Å²) in [4.78, 5) is 0. The monoisotopic (exact) mass is 392 g/mol. The van der Waals surface area contributed by atoms with Gasteiger partial charge >= 0.3 is 29.6 Å². The van der Waals surface area contributed by atoms with Crippen molar-refractivity contribution in [3.63, 3.8) is 0 Å². The first-order valence-corrected chi connectivity index (χ1v) is 10.5. The van der Waals surface area contributed by atoms with Crippen LogP contribution in [0.3, 0.4) is 0 Å². The molecule has 1 aromatic rings. The second-order valence-electron chi connectivity index (χ2n) is 8.19. The van der Waals surface area contributed by atoms with Crippen molar-refractivity contribution in [3.05, 3.63) is 35.9 Å². The number of hydrogen-bond donors (Lipinski definition) is 0. The summed E-state index contributed by atoms with van der Waals surface area (Å²) >= 11 is 0. The summed E-state index contributed by atoms with van der Waals surface area (Å²) in [6, 6.07) is 10.9. The quantitative estimate of drug-likeness (QED) is 0.176. The summed E-state index contributed by atoms with van der Waals surface area (Å²) in [5, 5.41) is 0. The van der Waals surface area contributed by atoms with E-state index in [-0.39, 0.29) is 42.0 Å². The third-order valence-corrected chi connectivity index (χ3v) is 5.07. The summed E-state index contributed by atoms with van der Waals surface area (Å²) < 4.78 is 1.11.